The molecular weight excluding hydrogens is 348 g/mol. The van der Waals surface area contributed by atoms with Gasteiger partial charge in [-0.3, -0.25) is 0 Å². The summed E-state index contributed by atoms with van der Waals surface area (Å²) < 4.78 is 0. The zero-order chi connectivity index (χ0) is 19.6. The van der Waals surface area contributed by atoms with Gasteiger partial charge in [0, 0.05) is 12.1 Å². The van der Waals surface area contributed by atoms with E-state index in [0.717, 1.165) is 16.7 Å². The van der Waals surface area contributed by atoms with Crippen LogP contribution >= 0.6 is 0 Å². The number of carboxylic acids is 1. The highest BCUT2D eigenvalue weighted by molar-refractivity contribution is 6.03. The van der Waals surface area contributed by atoms with Gasteiger partial charge in [-0.1, -0.05) is 91.0 Å². The van der Waals surface area contributed by atoms with E-state index >= 15 is 0 Å². The van der Waals surface area contributed by atoms with Crippen LogP contribution in [-0.2, 0) is 11.3 Å². The molecule has 1 heterocycles. The van der Waals surface area contributed by atoms with Crippen LogP contribution in [0.4, 0.5) is 0 Å². The molecule has 3 aromatic rings. The Morgan fingerprint density at radius 3 is 2.04 bits per heavy atom. The van der Waals surface area contributed by atoms with Gasteiger partial charge < -0.3 is 10.0 Å². The third kappa shape index (κ3) is 3.18. The maximum atomic E-state index is 12.3. The van der Waals surface area contributed by atoms with Gasteiger partial charge in [0.25, 0.3) is 0 Å². The molecule has 3 aromatic carbocycles. The molecule has 0 spiro atoms. The van der Waals surface area contributed by atoms with Crippen LogP contribution in [0, 0.1) is 0 Å². The molecule has 1 aliphatic rings. The van der Waals surface area contributed by atoms with Crippen molar-refractivity contribution >= 4 is 11.8 Å². The molecule has 1 N–H and O–H groups in total. The lowest BCUT2D eigenvalue weighted by Crippen LogP contribution is -2.43. The van der Waals surface area contributed by atoms with Crippen molar-refractivity contribution in [1.82, 2.24) is 4.90 Å². The van der Waals surface area contributed by atoms with Crippen molar-refractivity contribution in [3.8, 4) is 0 Å². The number of aliphatic carboxylic acids is 1. The van der Waals surface area contributed by atoms with E-state index < -0.39 is 17.6 Å². The van der Waals surface area contributed by atoms with Crippen molar-refractivity contribution in [3.63, 3.8) is 0 Å². The summed E-state index contributed by atoms with van der Waals surface area (Å²) in [5.41, 5.74) is 1.70. The van der Waals surface area contributed by atoms with Crippen molar-refractivity contribution in [3.05, 3.63) is 108 Å². The standard InChI is InChI=1S/C24H22N2O2/c1-24(23(27)28)21(19-13-7-3-8-14-19)26(17-18-11-5-2-6-12-18)22(25-24)20-15-9-4-10-16-20/h2-16,21H,17H2,1H3,(H,27,28)/t21-,24-/m1/s1. The number of amidine groups is 1. The molecule has 0 bridgehead atoms. The second-order valence-corrected chi connectivity index (χ2v) is 7.18. The molecule has 0 saturated carbocycles. The summed E-state index contributed by atoms with van der Waals surface area (Å²) in [5.74, 6) is -0.214. The van der Waals surface area contributed by atoms with Crippen molar-refractivity contribution in [1.29, 1.82) is 0 Å². The Morgan fingerprint density at radius 1 is 0.929 bits per heavy atom. The molecule has 28 heavy (non-hydrogen) atoms. The van der Waals surface area contributed by atoms with Crippen LogP contribution in [0.3, 0.4) is 0 Å². The van der Waals surface area contributed by atoms with Crippen LogP contribution in [0.5, 0.6) is 0 Å². The largest absolute Gasteiger partial charge is 0.479 e. The second kappa shape index (κ2) is 7.31. The molecular formula is C24H22N2O2. The normalized spacial score (nSPS) is 21.4. The van der Waals surface area contributed by atoms with Crippen LogP contribution in [0.25, 0.3) is 0 Å². The molecule has 4 heteroatoms. The monoisotopic (exact) mass is 370 g/mol. The predicted molar refractivity (Wildman–Crippen MR) is 110 cm³/mol. The van der Waals surface area contributed by atoms with Crippen molar-refractivity contribution in [2.75, 3.05) is 0 Å². The highest BCUT2D eigenvalue weighted by Gasteiger charge is 2.51. The van der Waals surface area contributed by atoms with Gasteiger partial charge in [0.15, 0.2) is 5.54 Å². The fourth-order valence-corrected chi connectivity index (χ4v) is 3.84. The van der Waals surface area contributed by atoms with Gasteiger partial charge in [0.1, 0.15) is 5.84 Å². The Bertz CT molecular complexity index is 987. The summed E-state index contributed by atoms with van der Waals surface area (Å²) in [5, 5.41) is 10.1. The SMILES string of the molecule is C[C@@]1(C(=O)O)N=C(c2ccccc2)N(Cc2ccccc2)[C@@H]1c1ccccc1. The molecule has 4 rings (SSSR count). The van der Waals surface area contributed by atoms with E-state index in [4.69, 9.17) is 4.99 Å². The van der Waals surface area contributed by atoms with E-state index in [1.54, 1.807) is 6.92 Å². The van der Waals surface area contributed by atoms with E-state index in [1.807, 2.05) is 78.9 Å². The van der Waals surface area contributed by atoms with Crippen LogP contribution < -0.4 is 0 Å². The summed E-state index contributed by atoms with van der Waals surface area (Å²) in [6, 6.07) is 29.3. The van der Waals surface area contributed by atoms with Gasteiger partial charge in [-0.2, -0.15) is 0 Å². The van der Waals surface area contributed by atoms with Crippen LogP contribution in [-0.4, -0.2) is 27.4 Å². The number of rotatable bonds is 5. The molecule has 4 nitrogen and oxygen atoms in total. The molecule has 1 aliphatic heterocycles. The maximum absolute atomic E-state index is 12.3. The minimum atomic E-state index is -1.28. The minimum absolute atomic E-state index is 0.401. The van der Waals surface area contributed by atoms with Gasteiger partial charge in [-0.05, 0) is 18.1 Å². The zero-order valence-corrected chi connectivity index (χ0v) is 15.7. The van der Waals surface area contributed by atoms with Crippen molar-refractivity contribution < 1.29 is 9.90 Å². The Hall–Kier alpha value is -3.40. The molecule has 0 aromatic heterocycles. The Labute approximate surface area is 164 Å². The number of hydrogen-bond acceptors (Lipinski definition) is 3. The fourth-order valence-electron chi connectivity index (χ4n) is 3.84. The average Bonchev–Trinajstić information content (AvgIpc) is 3.03. The third-order valence-electron chi connectivity index (χ3n) is 5.23. The summed E-state index contributed by atoms with van der Waals surface area (Å²) >= 11 is 0. The number of hydrogen-bond donors (Lipinski definition) is 1. The van der Waals surface area contributed by atoms with E-state index in [2.05, 4.69) is 17.0 Å². The Balaban J connectivity index is 1.87. The number of benzene rings is 3. The van der Waals surface area contributed by atoms with E-state index in [0.29, 0.717) is 12.4 Å². The molecule has 0 radical (unpaired) electrons. The second-order valence-electron chi connectivity index (χ2n) is 7.18. The van der Waals surface area contributed by atoms with Gasteiger partial charge in [0.05, 0.1) is 6.04 Å². The molecule has 2 atom stereocenters. The predicted octanol–water partition coefficient (Wildman–Crippen LogP) is 4.53. The van der Waals surface area contributed by atoms with E-state index in [9.17, 15) is 9.90 Å². The van der Waals surface area contributed by atoms with Gasteiger partial charge in [-0.15, -0.1) is 0 Å². The first-order chi connectivity index (χ1) is 13.6. The molecule has 0 saturated heterocycles. The Morgan fingerprint density at radius 2 is 1.46 bits per heavy atom. The first kappa shape index (κ1) is 18.0. The zero-order valence-electron chi connectivity index (χ0n) is 15.7. The first-order valence-electron chi connectivity index (χ1n) is 9.34. The van der Waals surface area contributed by atoms with Crippen molar-refractivity contribution in [2.24, 2.45) is 4.99 Å². The minimum Gasteiger partial charge on any atom is -0.479 e. The fraction of sp³-hybridized carbons (Fsp3) is 0.167. The first-order valence-corrected chi connectivity index (χ1v) is 9.34. The van der Waals surface area contributed by atoms with Gasteiger partial charge >= 0.3 is 5.97 Å². The molecule has 0 unspecified atom stereocenters. The summed E-state index contributed by atoms with van der Waals surface area (Å²) in [7, 11) is 0. The smallest absolute Gasteiger partial charge is 0.333 e. The van der Waals surface area contributed by atoms with Crippen molar-refractivity contribution in [2.45, 2.75) is 25.0 Å². The number of aliphatic imine (C=N–C) groups is 1. The lowest BCUT2D eigenvalue weighted by molar-refractivity contribution is -0.144. The van der Waals surface area contributed by atoms with Crippen LogP contribution in [0.1, 0.15) is 29.7 Å². The van der Waals surface area contributed by atoms with Gasteiger partial charge in [-0.25, -0.2) is 9.79 Å². The number of nitrogens with zero attached hydrogens (tertiary/aromatic N) is 2. The van der Waals surface area contributed by atoms with Gasteiger partial charge in [0.2, 0.25) is 0 Å². The lowest BCUT2D eigenvalue weighted by Gasteiger charge is -2.34. The number of carbonyl (C=O) groups is 1. The average molecular weight is 370 g/mol. The molecule has 0 fully saturated rings. The number of carboxylic acid groups (broad SMARTS) is 1. The molecule has 0 aliphatic carbocycles. The van der Waals surface area contributed by atoms with E-state index in [1.165, 1.54) is 0 Å². The summed E-state index contributed by atoms with van der Waals surface area (Å²) in [6.07, 6.45) is 0. The Kier molecular flexibility index (Phi) is 4.70. The van der Waals surface area contributed by atoms with Crippen LogP contribution in [0.15, 0.2) is 96.0 Å². The molecule has 0 amide bonds. The highest BCUT2D eigenvalue weighted by Crippen LogP contribution is 2.42. The quantitative estimate of drug-likeness (QED) is 0.718. The summed E-state index contributed by atoms with van der Waals surface area (Å²) in [6.45, 7) is 2.29. The lowest BCUT2D eigenvalue weighted by atomic mass is 9.87. The summed E-state index contributed by atoms with van der Waals surface area (Å²) in [4.78, 5) is 19.2. The van der Waals surface area contributed by atoms with E-state index in [-0.39, 0.29) is 0 Å². The molecule has 140 valence electrons. The maximum Gasteiger partial charge on any atom is 0.333 e. The third-order valence-corrected chi connectivity index (χ3v) is 5.23. The topological polar surface area (TPSA) is 52.9 Å². The van der Waals surface area contributed by atoms with Crippen LogP contribution in [0.2, 0.25) is 0 Å². The highest BCUT2D eigenvalue weighted by atomic mass is 16.4.